The van der Waals surface area contributed by atoms with Gasteiger partial charge in [-0.3, -0.25) is 9.59 Å². The number of carbonyl (C=O) groups is 2. The lowest BCUT2D eigenvalue weighted by Crippen LogP contribution is -2.33. The Balaban J connectivity index is 2.03. The summed E-state index contributed by atoms with van der Waals surface area (Å²) in [6.45, 7) is 5.36. The Morgan fingerprint density at radius 2 is 1.56 bits per heavy atom. The molecule has 0 atom stereocenters. The molecule has 2 aromatic carbocycles. The van der Waals surface area contributed by atoms with Gasteiger partial charge in [0.15, 0.2) is 11.6 Å². The van der Waals surface area contributed by atoms with Gasteiger partial charge in [0, 0.05) is 5.69 Å². The number of halogens is 3. The van der Waals surface area contributed by atoms with Crippen LogP contribution in [-0.4, -0.2) is 18.4 Å². The number of carbonyl (C=O) groups excluding carboxylic acids is 2. The molecule has 0 fully saturated rings. The average molecular weight is 367 g/mol. The van der Waals surface area contributed by atoms with E-state index in [1.54, 1.807) is 0 Å². The van der Waals surface area contributed by atoms with Crippen LogP contribution in [0, 0.1) is 32.4 Å². The molecule has 2 aromatic rings. The third-order valence-electron chi connectivity index (χ3n) is 3.61. The fourth-order valence-corrected chi connectivity index (χ4v) is 2.75. The molecule has 0 aliphatic carbocycles. The first-order valence-corrected chi connectivity index (χ1v) is 7.87. The van der Waals surface area contributed by atoms with Crippen LogP contribution in [0.4, 0.5) is 14.5 Å². The van der Waals surface area contributed by atoms with E-state index in [4.69, 9.17) is 11.6 Å². The summed E-state index contributed by atoms with van der Waals surface area (Å²) in [6.07, 6.45) is 0. The van der Waals surface area contributed by atoms with E-state index in [1.807, 2.05) is 32.9 Å². The van der Waals surface area contributed by atoms with Gasteiger partial charge >= 0.3 is 0 Å². The summed E-state index contributed by atoms with van der Waals surface area (Å²) in [5.41, 5.74) is 3.32. The lowest BCUT2D eigenvalue weighted by atomic mass is 10.1. The zero-order chi connectivity index (χ0) is 18.7. The van der Waals surface area contributed by atoms with E-state index in [2.05, 4.69) is 10.6 Å². The Morgan fingerprint density at radius 3 is 2.16 bits per heavy atom. The Kier molecular flexibility index (Phi) is 5.74. The predicted octanol–water partition coefficient (Wildman–Crippen LogP) is 3.91. The minimum absolute atomic E-state index is 0.234. The molecule has 2 amide bonds. The molecule has 0 aromatic heterocycles. The number of amides is 2. The third-order valence-corrected chi connectivity index (χ3v) is 3.92. The second kappa shape index (κ2) is 7.61. The third kappa shape index (κ3) is 4.54. The highest BCUT2D eigenvalue weighted by atomic mass is 35.5. The van der Waals surface area contributed by atoms with E-state index in [1.165, 1.54) is 0 Å². The van der Waals surface area contributed by atoms with Crippen molar-refractivity contribution in [3.05, 3.63) is 63.2 Å². The number of anilines is 1. The van der Waals surface area contributed by atoms with Gasteiger partial charge in [-0.25, -0.2) is 8.78 Å². The zero-order valence-electron chi connectivity index (χ0n) is 14.0. The molecule has 0 spiro atoms. The summed E-state index contributed by atoms with van der Waals surface area (Å²) in [5.74, 6) is -3.55. The van der Waals surface area contributed by atoms with Crippen LogP contribution in [0.2, 0.25) is 5.02 Å². The fraction of sp³-hybridized carbons (Fsp3) is 0.222. The van der Waals surface area contributed by atoms with E-state index in [0.717, 1.165) is 16.7 Å². The van der Waals surface area contributed by atoms with Crippen molar-refractivity contribution < 1.29 is 18.4 Å². The molecular weight excluding hydrogens is 350 g/mol. The van der Waals surface area contributed by atoms with Gasteiger partial charge in [0.25, 0.3) is 5.91 Å². The van der Waals surface area contributed by atoms with Gasteiger partial charge in [-0.15, -0.1) is 0 Å². The first-order valence-electron chi connectivity index (χ1n) is 7.49. The maximum atomic E-state index is 13.2. The number of hydrogen-bond donors (Lipinski definition) is 2. The summed E-state index contributed by atoms with van der Waals surface area (Å²) in [6, 6.07) is 5.27. The number of hydrogen-bond acceptors (Lipinski definition) is 2. The maximum absolute atomic E-state index is 13.2. The van der Waals surface area contributed by atoms with Crippen molar-refractivity contribution in [1.29, 1.82) is 0 Å². The molecule has 0 heterocycles. The van der Waals surface area contributed by atoms with Crippen LogP contribution in [0.25, 0.3) is 0 Å². The predicted molar refractivity (Wildman–Crippen MR) is 93.0 cm³/mol. The molecule has 0 radical (unpaired) electrons. The van der Waals surface area contributed by atoms with Gasteiger partial charge in [0.05, 0.1) is 17.1 Å². The van der Waals surface area contributed by atoms with Gasteiger partial charge in [-0.05, 0) is 44.0 Å². The number of benzene rings is 2. The molecule has 132 valence electrons. The lowest BCUT2D eigenvalue weighted by Gasteiger charge is -2.13. The number of aryl methyl sites for hydroxylation is 3. The molecule has 2 rings (SSSR count). The number of nitrogens with one attached hydrogen (secondary N) is 2. The van der Waals surface area contributed by atoms with Crippen LogP contribution < -0.4 is 10.6 Å². The molecule has 0 saturated carbocycles. The molecule has 0 unspecified atom stereocenters. The Labute approximate surface area is 149 Å². The molecule has 0 aliphatic heterocycles. The second-order valence-corrected chi connectivity index (χ2v) is 6.16. The molecule has 25 heavy (non-hydrogen) atoms. The van der Waals surface area contributed by atoms with Crippen molar-refractivity contribution in [2.75, 3.05) is 11.9 Å². The molecule has 2 N–H and O–H groups in total. The second-order valence-electron chi connectivity index (χ2n) is 5.75. The minimum atomic E-state index is -1.19. The van der Waals surface area contributed by atoms with Crippen molar-refractivity contribution in [3.8, 4) is 0 Å². The summed E-state index contributed by atoms with van der Waals surface area (Å²) in [4.78, 5) is 24.1. The molecule has 0 saturated heterocycles. The SMILES string of the molecule is Cc1cc(C)c(NC(=O)CNC(=O)c2cc(F)c(F)cc2Cl)c(C)c1. The zero-order valence-corrected chi connectivity index (χ0v) is 14.7. The lowest BCUT2D eigenvalue weighted by molar-refractivity contribution is -0.115. The first-order chi connectivity index (χ1) is 11.7. The molecule has 7 heteroatoms. The van der Waals surface area contributed by atoms with E-state index in [0.29, 0.717) is 17.8 Å². The molecule has 0 aliphatic rings. The van der Waals surface area contributed by atoms with Gasteiger partial charge < -0.3 is 10.6 Å². The molecular formula is C18H17ClF2N2O2. The topological polar surface area (TPSA) is 58.2 Å². The van der Waals surface area contributed by atoms with Gasteiger partial charge in [-0.1, -0.05) is 29.3 Å². The maximum Gasteiger partial charge on any atom is 0.253 e. The first kappa shape index (κ1) is 18.9. The van der Waals surface area contributed by atoms with Crippen molar-refractivity contribution in [2.45, 2.75) is 20.8 Å². The largest absolute Gasteiger partial charge is 0.343 e. The van der Waals surface area contributed by atoms with Gasteiger partial charge in [0.1, 0.15) is 0 Å². The highest BCUT2D eigenvalue weighted by Crippen LogP contribution is 2.22. The number of rotatable bonds is 4. The van der Waals surface area contributed by atoms with E-state index in [9.17, 15) is 18.4 Å². The van der Waals surface area contributed by atoms with Crippen molar-refractivity contribution in [2.24, 2.45) is 0 Å². The van der Waals surface area contributed by atoms with Crippen LogP contribution in [0.3, 0.4) is 0 Å². The summed E-state index contributed by atoms with van der Waals surface area (Å²) in [5, 5.41) is 4.82. The standard InChI is InChI=1S/C18H17ClF2N2O2/c1-9-4-10(2)17(11(3)5-9)23-16(24)8-22-18(25)12-6-14(20)15(21)7-13(12)19/h4-7H,8H2,1-3H3,(H,22,25)(H,23,24). The normalized spacial score (nSPS) is 10.5. The van der Waals surface area contributed by atoms with Crippen LogP contribution >= 0.6 is 11.6 Å². The van der Waals surface area contributed by atoms with Crippen molar-refractivity contribution in [3.63, 3.8) is 0 Å². The van der Waals surface area contributed by atoms with Crippen molar-refractivity contribution >= 4 is 29.1 Å². The summed E-state index contributed by atoms with van der Waals surface area (Å²) in [7, 11) is 0. The van der Waals surface area contributed by atoms with E-state index >= 15 is 0 Å². The summed E-state index contributed by atoms with van der Waals surface area (Å²) >= 11 is 5.73. The Morgan fingerprint density at radius 1 is 1.00 bits per heavy atom. The molecule has 4 nitrogen and oxygen atoms in total. The minimum Gasteiger partial charge on any atom is -0.343 e. The van der Waals surface area contributed by atoms with Crippen LogP contribution in [0.5, 0.6) is 0 Å². The highest BCUT2D eigenvalue weighted by molar-refractivity contribution is 6.33. The van der Waals surface area contributed by atoms with E-state index in [-0.39, 0.29) is 17.1 Å². The van der Waals surface area contributed by atoms with Crippen molar-refractivity contribution in [1.82, 2.24) is 5.32 Å². The quantitative estimate of drug-likeness (QED) is 0.806. The van der Waals surface area contributed by atoms with Crippen LogP contribution in [0.1, 0.15) is 27.0 Å². The molecule has 0 bridgehead atoms. The fourth-order valence-electron chi connectivity index (χ4n) is 2.51. The van der Waals surface area contributed by atoms with Crippen LogP contribution in [-0.2, 0) is 4.79 Å². The van der Waals surface area contributed by atoms with Crippen LogP contribution in [0.15, 0.2) is 24.3 Å². The summed E-state index contributed by atoms with van der Waals surface area (Å²) < 4.78 is 26.3. The average Bonchev–Trinajstić information content (AvgIpc) is 2.52. The monoisotopic (exact) mass is 366 g/mol. The van der Waals surface area contributed by atoms with Gasteiger partial charge in [0.2, 0.25) is 5.91 Å². The smallest absolute Gasteiger partial charge is 0.253 e. The van der Waals surface area contributed by atoms with Gasteiger partial charge in [-0.2, -0.15) is 0 Å². The Hall–Kier alpha value is -2.47. The Bertz CT molecular complexity index is 830. The van der Waals surface area contributed by atoms with E-state index < -0.39 is 23.4 Å². The highest BCUT2D eigenvalue weighted by Gasteiger charge is 2.16.